The van der Waals surface area contributed by atoms with Crippen LogP contribution in [0.15, 0.2) is 71.8 Å². The number of nitrogens with one attached hydrogen (secondary N) is 2. The van der Waals surface area contributed by atoms with Crippen molar-refractivity contribution in [2.45, 2.75) is 31.7 Å². The van der Waals surface area contributed by atoms with Gasteiger partial charge in [-0.3, -0.25) is 23.7 Å². The van der Waals surface area contributed by atoms with Gasteiger partial charge in [0.25, 0.3) is 11.5 Å². The van der Waals surface area contributed by atoms with Gasteiger partial charge in [-0.1, -0.05) is 17.7 Å². The maximum absolute atomic E-state index is 13.2. The number of piperidine rings is 1. The molecule has 1 saturated heterocycles. The Hall–Kier alpha value is -3.98. The zero-order chi connectivity index (χ0) is 25.5. The van der Waals surface area contributed by atoms with Gasteiger partial charge in [-0.2, -0.15) is 0 Å². The fourth-order valence-electron chi connectivity index (χ4n) is 4.02. The molecule has 1 unspecified atom stereocenters. The van der Waals surface area contributed by atoms with Crippen molar-refractivity contribution >= 4 is 35.1 Å². The maximum atomic E-state index is 13.2. The van der Waals surface area contributed by atoms with E-state index < -0.39 is 17.9 Å². The molecule has 3 amide bonds. The first-order valence-electron chi connectivity index (χ1n) is 11.7. The molecule has 36 heavy (non-hydrogen) atoms. The maximum Gasteiger partial charge on any atom is 0.255 e. The van der Waals surface area contributed by atoms with E-state index in [1.54, 1.807) is 59.6 Å². The number of carbonyl (C=O) groups is 3. The summed E-state index contributed by atoms with van der Waals surface area (Å²) in [4.78, 5) is 56.7. The van der Waals surface area contributed by atoms with Gasteiger partial charge in [0.1, 0.15) is 11.9 Å². The van der Waals surface area contributed by atoms with E-state index in [-0.39, 0.29) is 17.9 Å². The average Bonchev–Trinajstić information content (AvgIpc) is 2.90. The molecule has 0 aliphatic carbocycles. The summed E-state index contributed by atoms with van der Waals surface area (Å²) < 4.78 is 1.46. The Bertz CT molecular complexity index is 1280. The molecule has 4 rings (SSSR count). The highest BCUT2D eigenvalue weighted by Gasteiger charge is 2.29. The van der Waals surface area contributed by atoms with Gasteiger partial charge in [-0.05, 0) is 61.7 Å². The number of nitrogens with zero attached hydrogens (tertiary/aromatic N) is 3. The molecule has 186 valence electrons. The standard InChI is InChI=1S/C26H26ClN5O4/c27-19-9-12-22(28-17-19)30-23(33)16-21(26(36)31-13-3-1-4-14-31)29-25(35)18-7-10-20(11-8-18)32-15-5-2-6-24(32)34/h2,5-12,15,17,21H,1,3-4,13-14,16H2,(H,29,35)(H,28,30,33). The third-order valence-electron chi connectivity index (χ3n) is 5.89. The molecule has 0 bridgehead atoms. The number of benzene rings is 1. The van der Waals surface area contributed by atoms with Crippen LogP contribution >= 0.6 is 11.6 Å². The highest BCUT2D eigenvalue weighted by atomic mass is 35.5. The SMILES string of the molecule is O=C(CC(NC(=O)c1ccc(-n2ccccc2=O)cc1)C(=O)N1CCCCC1)Nc1ccc(Cl)cn1. The summed E-state index contributed by atoms with van der Waals surface area (Å²) in [5, 5.41) is 5.80. The van der Waals surface area contributed by atoms with Crippen molar-refractivity contribution in [1.82, 2.24) is 19.8 Å². The quantitative estimate of drug-likeness (QED) is 0.510. The molecule has 3 heterocycles. The number of aromatic nitrogens is 2. The number of amides is 3. The largest absolute Gasteiger partial charge is 0.341 e. The van der Waals surface area contributed by atoms with Crippen LogP contribution in [0.4, 0.5) is 5.82 Å². The molecule has 2 N–H and O–H groups in total. The van der Waals surface area contributed by atoms with Gasteiger partial charge in [0.2, 0.25) is 11.8 Å². The predicted molar refractivity (Wildman–Crippen MR) is 136 cm³/mol. The second-order valence-corrected chi connectivity index (χ2v) is 8.92. The van der Waals surface area contributed by atoms with Crippen molar-refractivity contribution in [2.24, 2.45) is 0 Å². The fourth-order valence-corrected chi connectivity index (χ4v) is 4.13. The van der Waals surface area contributed by atoms with Crippen LogP contribution in [0.2, 0.25) is 5.02 Å². The van der Waals surface area contributed by atoms with Gasteiger partial charge >= 0.3 is 0 Å². The number of pyridine rings is 2. The number of hydrogen-bond acceptors (Lipinski definition) is 5. The predicted octanol–water partition coefficient (Wildman–Crippen LogP) is 3.03. The Morgan fingerprint density at radius 3 is 2.39 bits per heavy atom. The Balaban J connectivity index is 1.48. The van der Waals surface area contributed by atoms with Crippen LogP contribution in [0.1, 0.15) is 36.0 Å². The van der Waals surface area contributed by atoms with Crippen LogP contribution in [-0.4, -0.2) is 51.3 Å². The van der Waals surface area contributed by atoms with E-state index in [1.165, 1.54) is 16.8 Å². The Labute approximate surface area is 213 Å². The summed E-state index contributed by atoms with van der Waals surface area (Å²) in [5.74, 6) is -0.949. The van der Waals surface area contributed by atoms with Gasteiger partial charge < -0.3 is 15.5 Å². The van der Waals surface area contributed by atoms with Gasteiger partial charge in [0.05, 0.1) is 11.4 Å². The highest BCUT2D eigenvalue weighted by molar-refractivity contribution is 6.30. The zero-order valence-corrected chi connectivity index (χ0v) is 20.3. The van der Waals surface area contributed by atoms with Crippen LogP contribution in [-0.2, 0) is 9.59 Å². The smallest absolute Gasteiger partial charge is 0.255 e. The third-order valence-corrected chi connectivity index (χ3v) is 6.11. The van der Waals surface area contributed by atoms with E-state index in [4.69, 9.17) is 11.6 Å². The summed E-state index contributed by atoms with van der Waals surface area (Å²) in [6.07, 6.45) is 5.60. The minimum absolute atomic E-state index is 0.192. The Kier molecular flexibility index (Phi) is 8.12. The number of anilines is 1. The molecule has 1 aliphatic heterocycles. The lowest BCUT2D eigenvalue weighted by atomic mass is 10.1. The summed E-state index contributed by atoms with van der Waals surface area (Å²) in [7, 11) is 0. The fraction of sp³-hybridized carbons (Fsp3) is 0.269. The second-order valence-electron chi connectivity index (χ2n) is 8.48. The minimum Gasteiger partial charge on any atom is -0.341 e. The Morgan fingerprint density at radius 2 is 1.72 bits per heavy atom. The summed E-state index contributed by atoms with van der Waals surface area (Å²) >= 11 is 5.84. The van der Waals surface area contributed by atoms with E-state index in [1.807, 2.05) is 0 Å². The zero-order valence-electron chi connectivity index (χ0n) is 19.5. The summed E-state index contributed by atoms with van der Waals surface area (Å²) in [6, 6.07) is 13.4. The van der Waals surface area contributed by atoms with Crippen molar-refractivity contribution in [3.8, 4) is 5.69 Å². The molecular formula is C26H26ClN5O4. The molecule has 10 heteroatoms. The number of halogens is 1. The van der Waals surface area contributed by atoms with Gasteiger partial charge in [0, 0.05) is 42.8 Å². The van der Waals surface area contributed by atoms with Crippen molar-refractivity contribution in [3.63, 3.8) is 0 Å². The highest BCUT2D eigenvalue weighted by Crippen LogP contribution is 2.14. The molecule has 1 aliphatic rings. The van der Waals surface area contributed by atoms with Crippen LogP contribution in [0, 0.1) is 0 Å². The molecule has 0 saturated carbocycles. The van der Waals surface area contributed by atoms with Crippen molar-refractivity contribution < 1.29 is 14.4 Å². The van der Waals surface area contributed by atoms with Gasteiger partial charge in [0.15, 0.2) is 0 Å². The summed E-state index contributed by atoms with van der Waals surface area (Å²) in [6.45, 7) is 1.18. The van der Waals surface area contributed by atoms with Crippen LogP contribution in [0.3, 0.4) is 0 Å². The summed E-state index contributed by atoms with van der Waals surface area (Å²) in [5.41, 5.74) is 0.718. The number of carbonyl (C=O) groups excluding carboxylic acids is 3. The van der Waals surface area contributed by atoms with Crippen LogP contribution < -0.4 is 16.2 Å². The van der Waals surface area contributed by atoms with Crippen LogP contribution in [0.5, 0.6) is 0 Å². The lowest BCUT2D eigenvalue weighted by Gasteiger charge is -2.30. The Morgan fingerprint density at radius 1 is 0.972 bits per heavy atom. The molecule has 9 nitrogen and oxygen atoms in total. The van der Waals surface area contributed by atoms with Crippen molar-refractivity contribution in [3.05, 3.63) is 87.9 Å². The molecule has 1 atom stereocenters. The van der Waals surface area contributed by atoms with Crippen molar-refractivity contribution in [1.29, 1.82) is 0 Å². The lowest BCUT2D eigenvalue weighted by molar-refractivity contribution is -0.135. The van der Waals surface area contributed by atoms with Gasteiger partial charge in [-0.15, -0.1) is 0 Å². The third kappa shape index (κ3) is 6.37. The molecule has 2 aromatic heterocycles. The van der Waals surface area contributed by atoms with E-state index in [9.17, 15) is 19.2 Å². The van der Waals surface area contributed by atoms with Gasteiger partial charge in [-0.25, -0.2) is 4.98 Å². The normalized spacial score (nSPS) is 14.1. The monoisotopic (exact) mass is 507 g/mol. The average molecular weight is 508 g/mol. The van der Waals surface area contributed by atoms with Crippen LogP contribution in [0.25, 0.3) is 5.69 Å². The number of likely N-dealkylation sites (tertiary alicyclic amines) is 1. The van der Waals surface area contributed by atoms with E-state index in [2.05, 4.69) is 15.6 Å². The first-order chi connectivity index (χ1) is 17.4. The molecule has 1 aromatic carbocycles. The van der Waals surface area contributed by atoms with E-state index >= 15 is 0 Å². The lowest BCUT2D eigenvalue weighted by Crippen LogP contribution is -2.51. The second kappa shape index (κ2) is 11.6. The first kappa shape index (κ1) is 25.1. The molecule has 0 spiro atoms. The van der Waals surface area contributed by atoms with E-state index in [0.29, 0.717) is 35.2 Å². The molecule has 0 radical (unpaired) electrons. The van der Waals surface area contributed by atoms with E-state index in [0.717, 1.165) is 19.3 Å². The number of hydrogen-bond donors (Lipinski definition) is 2. The first-order valence-corrected chi connectivity index (χ1v) is 12.1. The number of rotatable bonds is 7. The minimum atomic E-state index is -1.04. The molecule has 1 fully saturated rings. The molecular weight excluding hydrogens is 482 g/mol. The van der Waals surface area contributed by atoms with Crippen molar-refractivity contribution in [2.75, 3.05) is 18.4 Å². The topological polar surface area (TPSA) is 113 Å². The molecule has 3 aromatic rings.